The normalized spacial score (nSPS) is 10.5. The first kappa shape index (κ1) is 23.4. The fourth-order valence-electron chi connectivity index (χ4n) is 2.41. The standard InChI is InChI=1S/C22H26N4O5/c1-22(2,3)31-21(30)24-14-19(28)26-17-12-8-7-11-16(17)25-18(27)13-23-20(29)15-9-5-4-6-10-15/h4-12H,13-14H2,1-3H3,(H,23,29)(H,24,30)(H,25,27)(H,26,28). The van der Waals surface area contributed by atoms with Crippen LogP contribution in [0.25, 0.3) is 0 Å². The molecule has 0 fully saturated rings. The highest BCUT2D eigenvalue weighted by Gasteiger charge is 2.17. The summed E-state index contributed by atoms with van der Waals surface area (Å²) in [6, 6.07) is 15.1. The zero-order valence-electron chi connectivity index (χ0n) is 17.7. The van der Waals surface area contributed by atoms with Crippen molar-refractivity contribution < 1.29 is 23.9 Å². The van der Waals surface area contributed by atoms with Crippen LogP contribution in [0, 0.1) is 0 Å². The Kier molecular flexibility index (Phi) is 8.13. The Morgan fingerprint density at radius 2 is 1.23 bits per heavy atom. The van der Waals surface area contributed by atoms with E-state index in [9.17, 15) is 19.2 Å². The summed E-state index contributed by atoms with van der Waals surface area (Å²) in [7, 11) is 0. The van der Waals surface area contributed by atoms with Crippen LogP contribution in [0.5, 0.6) is 0 Å². The molecule has 4 amide bonds. The molecule has 0 bridgehead atoms. The van der Waals surface area contributed by atoms with Gasteiger partial charge >= 0.3 is 6.09 Å². The van der Waals surface area contributed by atoms with Crippen molar-refractivity contribution in [3.8, 4) is 0 Å². The van der Waals surface area contributed by atoms with E-state index in [1.807, 2.05) is 0 Å². The van der Waals surface area contributed by atoms with Gasteiger partial charge in [-0.05, 0) is 45.0 Å². The van der Waals surface area contributed by atoms with Crippen LogP contribution in [0.15, 0.2) is 54.6 Å². The number of carbonyl (C=O) groups is 4. The number of amides is 4. The maximum atomic E-state index is 12.2. The molecule has 9 nitrogen and oxygen atoms in total. The molecule has 164 valence electrons. The molecule has 0 radical (unpaired) electrons. The molecule has 0 atom stereocenters. The average Bonchev–Trinajstić information content (AvgIpc) is 2.71. The summed E-state index contributed by atoms with van der Waals surface area (Å²) in [6.45, 7) is 4.61. The molecule has 0 heterocycles. The van der Waals surface area contributed by atoms with E-state index in [0.717, 1.165) is 0 Å². The second-order valence-electron chi connectivity index (χ2n) is 7.55. The van der Waals surface area contributed by atoms with Crippen LogP contribution >= 0.6 is 0 Å². The number of ether oxygens (including phenoxy) is 1. The van der Waals surface area contributed by atoms with E-state index in [-0.39, 0.29) is 19.0 Å². The maximum absolute atomic E-state index is 12.2. The van der Waals surface area contributed by atoms with Crippen molar-refractivity contribution in [2.45, 2.75) is 26.4 Å². The number of hydrogen-bond donors (Lipinski definition) is 4. The van der Waals surface area contributed by atoms with E-state index in [0.29, 0.717) is 16.9 Å². The Morgan fingerprint density at radius 1 is 0.742 bits per heavy atom. The van der Waals surface area contributed by atoms with Gasteiger partial charge in [0.15, 0.2) is 0 Å². The van der Waals surface area contributed by atoms with Crippen LogP contribution in [0.4, 0.5) is 16.2 Å². The molecule has 0 aliphatic heterocycles. The SMILES string of the molecule is CC(C)(C)OC(=O)NCC(=O)Nc1ccccc1NC(=O)CNC(=O)c1ccccc1. The molecule has 0 aromatic heterocycles. The van der Waals surface area contributed by atoms with Gasteiger partial charge in [-0.3, -0.25) is 14.4 Å². The maximum Gasteiger partial charge on any atom is 0.408 e. The zero-order chi connectivity index (χ0) is 22.9. The van der Waals surface area contributed by atoms with Crippen molar-refractivity contribution in [3.63, 3.8) is 0 Å². The molecule has 0 aliphatic rings. The van der Waals surface area contributed by atoms with Crippen molar-refractivity contribution in [3.05, 3.63) is 60.2 Å². The number of hydrogen-bond acceptors (Lipinski definition) is 5. The summed E-state index contributed by atoms with van der Waals surface area (Å²) in [5.41, 5.74) is 0.474. The van der Waals surface area contributed by atoms with E-state index in [4.69, 9.17) is 4.74 Å². The molecule has 9 heteroatoms. The van der Waals surface area contributed by atoms with Gasteiger partial charge in [-0.25, -0.2) is 4.79 Å². The average molecular weight is 426 g/mol. The molecule has 2 aromatic carbocycles. The van der Waals surface area contributed by atoms with Crippen LogP contribution in [0.2, 0.25) is 0 Å². The number of rotatable bonds is 7. The first-order chi connectivity index (χ1) is 14.6. The molecule has 0 aliphatic carbocycles. The lowest BCUT2D eigenvalue weighted by molar-refractivity contribution is -0.116. The monoisotopic (exact) mass is 426 g/mol. The topological polar surface area (TPSA) is 126 Å². The Hall–Kier alpha value is -3.88. The zero-order valence-corrected chi connectivity index (χ0v) is 17.7. The minimum Gasteiger partial charge on any atom is -0.444 e. The third-order valence-electron chi connectivity index (χ3n) is 3.71. The molecule has 4 N–H and O–H groups in total. The molecule has 2 aromatic rings. The lowest BCUT2D eigenvalue weighted by Gasteiger charge is -2.19. The van der Waals surface area contributed by atoms with Crippen molar-refractivity contribution in [1.82, 2.24) is 10.6 Å². The Balaban J connectivity index is 1.86. The number of anilines is 2. The van der Waals surface area contributed by atoms with Gasteiger partial charge in [0.1, 0.15) is 12.1 Å². The summed E-state index contributed by atoms with van der Waals surface area (Å²) in [5, 5.41) is 10.1. The lowest BCUT2D eigenvalue weighted by atomic mass is 10.2. The summed E-state index contributed by atoms with van der Waals surface area (Å²) in [6.07, 6.45) is -0.710. The number of nitrogens with one attached hydrogen (secondary N) is 4. The minimum atomic E-state index is -0.710. The molecule has 0 spiro atoms. The minimum absolute atomic E-state index is 0.240. The summed E-state index contributed by atoms with van der Waals surface area (Å²) >= 11 is 0. The second kappa shape index (κ2) is 10.8. The van der Waals surface area contributed by atoms with Gasteiger partial charge in [-0.1, -0.05) is 30.3 Å². The van der Waals surface area contributed by atoms with Gasteiger partial charge in [0.25, 0.3) is 5.91 Å². The van der Waals surface area contributed by atoms with Crippen LogP contribution in [-0.2, 0) is 14.3 Å². The van der Waals surface area contributed by atoms with Gasteiger partial charge in [0, 0.05) is 5.56 Å². The van der Waals surface area contributed by atoms with Crippen molar-refractivity contribution in [1.29, 1.82) is 0 Å². The molecule has 0 saturated carbocycles. The smallest absolute Gasteiger partial charge is 0.408 e. The number of carbonyl (C=O) groups excluding carboxylic acids is 4. The van der Waals surface area contributed by atoms with E-state index >= 15 is 0 Å². The van der Waals surface area contributed by atoms with Crippen molar-refractivity contribution >= 4 is 35.2 Å². The summed E-state index contributed by atoms with van der Waals surface area (Å²) < 4.78 is 5.07. The van der Waals surface area contributed by atoms with Gasteiger partial charge in [-0.15, -0.1) is 0 Å². The summed E-state index contributed by atoms with van der Waals surface area (Å²) in [5.74, 6) is -1.33. The van der Waals surface area contributed by atoms with E-state index < -0.39 is 23.5 Å². The Labute approximate surface area is 180 Å². The predicted molar refractivity (Wildman–Crippen MR) is 117 cm³/mol. The largest absolute Gasteiger partial charge is 0.444 e. The molecule has 2 rings (SSSR count). The number of alkyl carbamates (subject to hydrolysis) is 1. The highest BCUT2D eigenvalue weighted by Crippen LogP contribution is 2.20. The third-order valence-corrected chi connectivity index (χ3v) is 3.71. The van der Waals surface area contributed by atoms with Gasteiger partial charge in [-0.2, -0.15) is 0 Å². The molecule has 31 heavy (non-hydrogen) atoms. The van der Waals surface area contributed by atoms with E-state index in [1.54, 1.807) is 75.4 Å². The predicted octanol–water partition coefficient (Wildman–Crippen LogP) is 2.52. The quantitative estimate of drug-likeness (QED) is 0.541. The van der Waals surface area contributed by atoms with Gasteiger partial charge in [0.2, 0.25) is 11.8 Å². The van der Waals surface area contributed by atoms with Crippen molar-refractivity contribution in [2.24, 2.45) is 0 Å². The first-order valence-corrected chi connectivity index (χ1v) is 9.63. The summed E-state index contributed by atoms with van der Waals surface area (Å²) in [4.78, 5) is 48.1. The van der Waals surface area contributed by atoms with Gasteiger partial charge in [0.05, 0.1) is 17.9 Å². The van der Waals surface area contributed by atoms with Crippen LogP contribution in [-0.4, -0.2) is 42.5 Å². The number of para-hydroxylation sites is 2. The number of benzene rings is 2. The highest BCUT2D eigenvalue weighted by atomic mass is 16.6. The van der Waals surface area contributed by atoms with Crippen LogP contribution in [0.1, 0.15) is 31.1 Å². The van der Waals surface area contributed by atoms with Crippen LogP contribution < -0.4 is 21.3 Å². The fourth-order valence-corrected chi connectivity index (χ4v) is 2.41. The lowest BCUT2D eigenvalue weighted by Crippen LogP contribution is -2.37. The van der Waals surface area contributed by atoms with E-state index in [2.05, 4.69) is 21.3 Å². The molecule has 0 saturated heterocycles. The first-order valence-electron chi connectivity index (χ1n) is 9.63. The molecular weight excluding hydrogens is 400 g/mol. The second-order valence-corrected chi connectivity index (χ2v) is 7.55. The molecule has 0 unspecified atom stereocenters. The Bertz CT molecular complexity index is 938. The highest BCUT2D eigenvalue weighted by molar-refractivity contribution is 6.03. The van der Waals surface area contributed by atoms with Gasteiger partial charge < -0.3 is 26.0 Å². The third kappa shape index (κ3) is 8.57. The van der Waals surface area contributed by atoms with Crippen molar-refractivity contribution in [2.75, 3.05) is 23.7 Å². The van der Waals surface area contributed by atoms with E-state index in [1.165, 1.54) is 0 Å². The molecular formula is C22H26N4O5. The Morgan fingerprint density at radius 3 is 1.74 bits per heavy atom. The van der Waals surface area contributed by atoms with Crippen LogP contribution in [0.3, 0.4) is 0 Å². The fraction of sp³-hybridized carbons (Fsp3) is 0.273.